The highest BCUT2D eigenvalue weighted by Gasteiger charge is 2.58. The molecule has 13 N–H and O–H groups in total. The maximum absolute atomic E-state index is 11.6. The van der Waals surface area contributed by atoms with Crippen molar-refractivity contribution in [1.29, 1.82) is 0 Å². The highest BCUT2D eigenvalue weighted by molar-refractivity contribution is 7.72. The van der Waals surface area contributed by atoms with Gasteiger partial charge in [0.2, 0.25) is 16.6 Å². The Morgan fingerprint density at radius 1 is 0.516 bits per heavy atom. The quantitative estimate of drug-likeness (QED) is 0.101. The first kappa shape index (κ1) is 31.8. The Morgan fingerprint density at radius 3 is 0.968 bits per heavy atom. The third kappa shape index (κ3) is 9.91. The Morgan fingerprint density at radius 2 is 0.774 bits per heavy atom. The molecule has 188 valence electrons. The molecule has 0 spiro atoms. The van der Waals surface area contributed by atoms with Crippen LogP contribution in [0.15, 0.2) is 0 Å². The van der Waals surface area contributed by atoms with Crippen molar-refractivity contribution in [2.75, 3.05) is 13.1 Å². The molecule has 0 radical (unpaired) electrons. The molecule has 0 rings (SSSR count). The van der Waals surface area contributed by atoms with Crippen molar-refractivity contribution >= 4 is 45.6 Å². The first-order chi connectivity index (χ1) is 13.2. The highest BCUT2D eigenvalue weighted by atomic mass is 31.2. The van der Waals surface area contributed by atoms with E-state index in [1.54, 1.807) is 0 Å². The largest absolute Gasteiger partial charge is 0.355 e. The smallest absolute Gasteiger partial charge is 0.323 e. The van der Waals surface area contributed by atoms with Gasteiger partial charge in [0.25, 0.3) is 0 Å². The van der Waals surface area contributed by atoms with E-state index in [1.807, 2.05) is 0 Å². The molecular weight excluding hydrogens is 562 g/mol. The van der Waals surface area contributed by atoms with Crippen LogP contribution in [0.2, 0.25) is 0 Å². The lowest BCUT2D eigenvalue weighted by Crippen LogP contribution is -2.47. The van der Waals surface area contributed by atoms with Crippen LogP contribution in [0, 0.1) is 0 Å². The normalized spacial score (nSPS) is 15.5. The number of nitrogens with one attached hydrogen (secondary N) is 1. The average molecular weight is 582 g/mol. The van der Waals surface area contributed by atoms with E-state index in [0.717, 1.165) is 0 Å². The molecule has 0 atom stereocenters. The van der Waals surface area contributed by atoms with Gasteiger partial charge >= 0.3 is 45.6 Å². The molecule has 0 aliphatic heterocycles. The highest BCUT2D eigenvalue weighted by Crippen LogP contribution is 2.68. The molecule has 0 saturated heterocycles. The van der Waals surface area contributed by atoms with E-state index in [4.69, 9.17) is 19.6 Å². The van der Waals surface area contributed by atoms with Crippen molar-refractivity contribution in [3.8, 4) is 0 Å². The van der Waals surface area contributed by atoms with E-state index in [1.165, 1.54) is 5.32 Å². The van der Waals surface area contributed by atoms with Crippen molar-refractivity contribution in [3.05, 3.63) is 0 Å². The molecule has 0 aromatic carbocycles. The SMILES string of the molecule is O=P(O)(O)C(NCCN(C(P(=O)(O)O)P(=O)(O)O)C(P(=O)(O)O)P(=O)(O)O)P(=O)(O)O. The summed E-state index contributed by atoms with van der Waals surface area (Å²) < 4.78 is 68.7. The van der Waals surface area contributed by atoms with E-state index >= 15 is 0 Å². The van der Waals surface area contributed by atoms with Crippen LogP contribution in [0.5, 0.6) is 0 Å². The van der Waals surface area contributed by atoms with Gasteiger partial charge in [-0.2, -0.15) is 0 Å². The maximum Gasteiger partial charge on any atom is 0.355 e. The molecule has 26 heteroatoms. The number of rotatable bonds is 12. The number of hydrogen-bond acceptors (Lipinski definition) is 8. The summed E-state index contributed by atoms with van der Waals surface area (Å²) in [7, 11) is -35.8. The zero-order valence-corrected chi connectivity index (χ0v) is 20.0. The molecule has 0 aliphatic rings. The lowest BCUT2D eigenvalue weighted by Gasteiger charge is -2.38. The van der Waals surface area contributed by atoms with Crippen LogP contribution in [-0.2, 0) is 27.4 Å². The molecule has 0 bridgehead atoms. The van der Waals surface area contributed by atoms with E-state index in [0.29, 0.717) is 0 Å². The standard InChI is InChI=1S/C5H20N2O18P6/c8-26(9,10)3(27(11,12)13)6-1-2-7(4(28(14,15)16)29(17,18)19)5(30(20,21)22)31(23,24)25/h3-6H,1-2H2,(H2,8,9,10)(H2,11,12,13)(H2,14,15,16)(H2,17,18,19)(H2,20,21,22)(H2,23,24,25). The Kier molecular flexibility index (Phi) is 10.5. The van der Waals surface area contributed by atoms with E-state index in [9.17, 15) is 66.5 Å². The Hall–Kier alpha value is 0.820. The molecular formula is C5H20N2O18P6. The van der Waals surface area contributed by atoms with Gasteiger partial charge in [-0.05, 0) is 0 Å². The summed E-state index contributed by atoms with van der Waals surface area (Å²) in [6, 6.07) is 0. The average Bonchev–Trinajstić information content (AvgIpc) is 2.33. The minimum atomic E-state index is -6.13. The van der Waals surface area contributed by atoms with Crippen LogP contribution in [0.4, 0.5) is 0 Å². The monoisotopic (exact) mass is 582 g/mol. The molecule has 31 heavy (non-hydrogen) atoms. The van der Waals surface area contributed by atoms with Crippen molar-refractivity contribution in [1.82, 2.24) is 10.2 Å². The van der Waals surface area contributed by atoms with Crippen LogP contribution in [0.25, 0.3) is 0 Å². The minimum Gasteiger partial charge on any atom is -0.323 e. The van der Waals surface area contributed by atoms with Crippen molar-refractivity contribution in [2.45, 2.75) is 16.6 Å². The fourth-order valence-electron chi connectivity index (χ4n) is 2.27. The van der Waals surface area contributed by atoms with E-state index in [2.05, 4.69) is 0 Å². The van der Waals surface area contributed by atoms with Gasteiger partial charge in [0.1, 0.15) is 0 Å². The minimum absolute atomic E-state index is 0.674. The first-order valence-electron chi connectivity index (χ1n) is 7.02. The summed E-state index contributed by atoms with van der Waals surface area (Å²) in [5, 5.41) is 1.47. The van der Waals surface area contributed by atoms with Gasteiger partial charge in [-0.3, -0.25) is 37.6 Å². The van der Waals surface area contributed by atoms with Crippen LogP contribution in [0.1, 0.15) is 0 Å². The second-order valence-corrected chi connectivity index (χ2v) is 17.1. The van der Waals surface area contributed by atoms with Gasteiger partial charge < -0.3 is 58.7 Å². The van der Waals surface area contributed by atoms with Crippen LogP contribution in [0.3, 0.4) is 0 Å². The predicted octanol–water partition coefficient (Wildman–Crippen LogP) is -3.21. The number of nitrogens with zero attached hydrogens (tertiary/aromatic N) is 1. The van der Waals surface area contributed by atoms with E-state index in [-0.39, 0.29) is 0 Å². The van der Waals surface area contributed by atoms with Crippen molar-refractivity contribution < 1.29 is 86.1 Å². The van der Waals surface area contributed by atoms with Gasteiger partial charge in [0.05, 0.1) is 0 Å². The maximum atomic E-state index is 11.6. The zero-order chi connectivity index (χ0) is 25.4. The molecule has 0 fully saturated rings. The fourth-order valence-corrected chi connectivity index (χ4v) is 10.7. The van der Waals surface area contributed by atoms with Gasteiger partial charge in [-0.1, -0.05) is 0 Å². The predicted molar refractivity (Wildman–Crippen MR) is 98.3 cm³/mol. The summed E-state index contributed by atoms with van der Waals surface area (Å²) in [6.07, 6.45) is 0. The van der Waals surface area contributed by atoms with E-state index < -0.39 is 80.1 Å². The fraction of sp³-hybridized carbons (Fsp3) is 1.00. The summed E-state index contributed by atoms with van der Waals surface area (Å²) in [5.74, 6) is 0. The summed E-state index contributed by atoms with van der Waals surface area (Å²) in [4.78, 5) is 109. The Balaban J connectivity index is 6.48. The second-order valence-electron chi connectivity index (χ2n) is 5.79. The zero-order valence-electron chi connectivity index (χ0n) is 14.6. The lowest BCUT2D eigenvalue weighted by molar-refractivity contribution is 0.199. The van der Waals surface area contributed by atoms with Gasteiger partial charge in [-0.25, -0.2) is 0 Å². The summed E-state index contributed by atoms with van der Waals surface area (Å²) in [5.41, 5.74) is -10.1. The Labute approximate surface area is 172 Å². The number of hydrogen-bond donors (Lipinski definition) is 13. The third-order valence-electron chi connectivity index (χ3n) is 3.13. The van der Waals surface area contributed by atoms with Crippen LogP contribution >= 0.6 is 45.6 Å². The molecule has 0 amide bonds. The third-order valence-corrected chi connectivity index (χ3v) is 13.8. The first-order valence-corrected chi connectivity index (χ1v) is 17.1. The molecule has 0 aromatic heterocycles. The van der Waals surface area contributed by atoms with Crippen LogP contribution < -0.4 is 5.32 Å². The van der Waals surface area contributed by atoms with Crippen LogP contribution in [-0.4, -0.2) is 93.3 Å². The lowest BCUT2D eigenvalue weighted by atomic mass is 10.6. The summed E-state index contributed by atoms with van der Waals surface area (Å²) in [6.45, 7) is -2.92. The van der Waals surface area contributed by atoms with Crippen molar-refractivity contribution in [3.63, 3.8) is 0 Å². The van der Waals surface area contributed by atoms with Gasteiger partial charge in [-0.15, -0.1) is 0 Å². The second kappa shape index (κ2) is 10.2. The summed E-state index contributed by atoms with van der Waals surface area (Å²) >= 11 is 0. The molecule has 0 aromatic rings. The van der Waals surface area contributed by atoms with Gasteiger partial charge in [0, 0.05) is 13.1 Å². The Bertz CT molecular complexity index is 798. The molecule has 0 aliphatic carbocycles. The molecule has 20 nitrogen and oxygen atoms in total. The topological polar surface area (TPSA) is 360 Å². The van der Waals surface area contributed by atoms with Crippen molar-refractivity contribution in [2.24, 2.45) is 0 Å². The van der Waals surface area contributed by atoms with Gasteiger partial charge in [0.15, 0.2) is 0 Å². The molecule has 0 saturated carbocycles. The molecule has 0 heterocycles. The molecule has 0 unspecified atom stereocenters.